The van der Waals surface area contributed by atoms with Gasteiger partial charge in [-0.25, -0.2) is 4.99 Å². The van der Waals surface area contributed by atoms with Crippen LogP contribution in [0.4, 0.5) is 11.4 Å². The normalized spacial score (nSPS) is 10.4. The molecule has 0 aliphatic carbocycles. The monoisotopic (exact) mass is 256 g/mol. The number of benzene rings is 2. The third-order valence-electron chi connectivity index (χ3n) is 2.61. The Kier molecular flexibility index (Phi) is 4.39. The molecule has 2 aromatic carbocycles. The standard InChI is InChI=1S/C15H16N2O2/c1-18-13-9-7-12(8-10-13)16-11-17-14-5-3-4-6-15(14)19-2/h3-11H,1-2H3,(H,16,17). The molecule has 4 heteroatoms. The van der Waals surface area contributed by atoms with E-state index in [2.05, 4.69) is 10.3 Å². The van der Waals surface area contributed by atoms with Crippen LogP contribution in [0.25, 0.3) is 0 Å². The number of para-hydroxylation sites is 2. The number of nitrogens with zero attached hydrogens (tertiary/aromatic N) is 1. The van der Waals surface area contributed by atoms with Gasteiger partial charge < -0.3 is 14.8 Å². The van der Waals surface area contributed by atoms with E-state index in [4.69, 9.17) is 9.47 Å². The average Bonchev–Trinajstić information content (AvgIpc) is 2.48. The first-order chi connectivity index (χ1) is 9.33. The van der Waals surface area contributed by atoms with Crippen molar-refractivity contribution in [1.82, 2.24) is 0 Å². The van der Waals surface area contributed by atoms with Crippen LogP contribution in [-0.2, 0) is 0 Å². The number of methoxy groups -OCH3 is 2. The molecule has 0 aromatic heterocycles. The molecule has 98 valence electrons. The zero-order valence-electron chi connectivity index (χ0n) is 11.0. The van der Waals surface area contributed by atoms with Crippen molar-refractivity contribution in [2.24, 2.45) is 4.99 Å². The minimum Gasteiger partial charge on any atom is -0.497 e. The molecule has 0 amide bonds. The molecule has 4 nitrogen and oxygen atoms in total. The molecule has 1 N–H and O–H groups in total. The Hall–Kier alpha value is -2.49. The van der Waals surface area contributed by atoms with Gasteiger partial charge in [0.25, 0.3) is 0 Å². The van der Waals surface area contributed by atoms with Crippen LogP contribution in [0.2, 0.25) is 0 Å². The van der Waals surface area contributed by atoms with Crippen LogP contribution in [0.15, 0.2) is 53.5 Å². The largest absolute Gasteiger partial charge is 0.497 e. The summed E-state index contributed by atoms with van der Waals surface area (Å²) >= 11 is 0. The highest BCUT2D eigenvalue weighted by molar-refractivity contribution is 5.78. The Labute approximate surface area is 112 Å². The first-order valence-corrected chi connectivity index (χ1v) is 5.89. The Morgan fingerprint density at radius 3 is 2.37 bits per heavy atom. The summed E-state index contributed by atoms with van der Waals surface area (Å²) in [6, 6.07) is 15.2. The summed E-state index contributed by atoms with van der Waals surface area (Å²) in [7, 11) is 3.27. The molecule has 0 fully saturated rings. The summed E-state index contributed by atoms with van der Waals surface area (Å²) in [6.07, 6.45) is 1.64. The van der Waals surface area contributed by atoms with E-state index in [0.29, 0.717) is 0 Å². The topological polar surface area (TPSA) is 42.8 Å². The van der Waals surface area contributed by atoms with Crippen LogP contribution < -0.4 is 14.8 Å². The highest BCUT2D eigenvalue weighted by Crippen LogP contribution is 2.25. The molecule has 0 aliphatic heterocycles. The van der Waals surface area contributed by atoms with Gasteiger partial charge in [-0.1, -0.05) is 12.1 Å². The lowest BCUT2D eigenvalue weighted by Crippen LogP contribution is -1.94. The number of hydrogen-bond donors (Lipinski definition) is 1. The molecule has 0 heterocycles. The Morgan fingerprint density at radius 1 is 0.947 bits per heavy atom. The molecule has 0 aliphatic rings. The predicted octanol–water partition coefficient (Wildman–Crippen LogP) is 3.48. The third-order valence-corrected chi connectivity index (χ3v) is 2.61. The van der Waals surface area contributed by atoms with Crippen LogP contribution >= 0.6 is 0 Å². The lowest BCUT2D eigenvalue weighted by atomic mass is 10.3. The molecule has 0 spiro atoms. The van der Waals surface area contributed by atoms with Gasteiger partial charge in [-0.2, -0.15) is 0 Å². The summed E-state index contributed by atoms with van der Waals surface area (Å²) in [6.45, 7) is 0. The van der Waals surface area contributed by atoms with Gasteiger partial charge in [0.05, 0.1) is 20.6 Å². The molecular weight excluding hydrogens is 240 g/mol. The summed E-state index contributed by atoms with van der Waals surface area (Å²) in [5.41, 5.74) is 1.73. The van der Waals surface area contributed by atoms with E-state index in [9.17, 15) is 0 Å². The number of anilines is 1. The molecule has 0 saturated carbocycles. The van der Waals surface area contributed by atoms with Gasteiger partial charge in [0.1, 0.15) is 17.2 Å². The summed E-state index contributed by atoms with van der Waals surface area (Å²) < 4.78 is 10.3. The zero-order chi connectivity index (χ0) is 13.5. The second kappa shape index (κ2) is 6.44. The summed E-state index contributed by atoms with van der Waals surface area (Å²) in [4.78, 5) is 4.32. The van der Waals surface area contributed by atoms with E-state index < -0.39 is 0 Å². The van der Waals surface area contributed by atoms with Crippen LogP contribution in [0, 0.1) is 0 Å². The second-order valence-corrected chi connectivity index (χ2v) is 3.80. The van der Waals surface area contributed by atoms with Crippen molar-refractivity contribution >= 4 is 17.7 Å². The molecular formula is C15H16N2O2. The maximum Gasteiger partial charge on any atom is 0.144 e. The number of aliphatic imine (C=N–C) groups is 1. The lowest BCUT2D eigenvalue weighted by Gasteiger charge is -2.04. The van der Waals surface area contributed by atoms with Gasteiger partial charge in [-0.05, 0) is 36.4 Å². The number of nitrogens with one attached hydrogen (secondary N) is 1. The van der Waals surface area contributed by atoms with Gasteiger partial charge >= 0.3 is 0 Å². The van der Waals surface area contributed by atoms with Gasteiger partial charge in [0.2, 0.25) is 0 Å². The summed E-state index contributed by atoms with van der Waals surface area (Å²) in [5, 5.41) is 3.09. The van der Waals surface area contributed by atoms with Crippen LogP contribution in [0.3, 0.4) is 0 Å². The molecule has 0 unspecified atom stereocenters. The average molecular weight is 256 g/mol. The van der Waals surface area contributed by atoms with Gasteiger partial charge in [-0.3, -0.25) is 0 Å². The van der Waals surface area contributed by atoms with E-state index in [1.54, 1.807) is 20.6 Å². The van der Waals surface area contributed by atoms with E-state index in [1.165, 1.54) is 0 Å². The van der Waals surface area contributed by atoms with Crippen molar-refractivity contribution in [2.75, 3.05) is 19.5 Å². The first kappa shape index (κ1) is 13.0. The third kappa shape index (κ3) is 3.48. The smallest absolute Gasteiger partial charge is 0.144 e. The van der Waals surface area contributed by atoms with Crippen molar-refractivity contribution in [1.29, 1.82) is 0 Å². The van der Waals surface area contributed by atoms with Crippen LogP contribution in [-0.4, -0.2) is 20.6 Å². The number of hydrogen-bond acceptors (Lipinski definition) is 3. The molecule has 0 atom stereocenters. The number of rotatable bonds is 5. The van der Waals surface area contributed by atoms with Crippen LogP contribution in [0.5, 0.6) is 11.5 Å². The fourth-order valence-electron chi connectivity index (χ4n) is 1.60. The summed E-state index contributed by atoms with van der Waals surface area (Å²) in [5.74, 6) is 1.57. The van der Waals surface area contributed by atoms with E-state index in [-0.39, 0.29) is 0 Å². The SMILES string of the molecule is COc1ccc(NC=Nc2ccccc2OC)cc1. The molecule has 0 saturated heterocycles. The lowest BCUT2D eigenvalue weighted by molar-refractivity contribution is 0.415. The van der Waals surface area contributed by atoms with E-state index in [1.807, 2.05) is 48.5 Å². The van der Waals surface area contributed by atoms with Gasteiger partial charge in [-0.15, -0.1) is 0 Å². The van der Waals surface area contributed by atoms with Crippen molar-refractivity contribution in [3.8, 4) is 11.5 Å². The fourth-order valence-corrected chi connectivity index (χ4v) is 1.60. The second-order valence-electron chi connectivity index (χ2n) is 3.80. The Morgan fingerprint density at radius 2 is 1.68 bits per heavy atom. The maximum absolute atomic E-state index is 5.22. The maximum atomic E-state index is 5.22. The quantitative estimate of drug-likeness (QED) is 0.658. The van der Waals surface area contributed by atoms with Crippen molar-refractivity contribution in [3.63, 3.8) is 0 Å². The van der Waals surface area contributed by atoms with Gasteiger partial charge in [0.15, 0.2) is 0 Å². The molecule has 0 radical (unpaired) electrons. The highest BCUT2D eigenvalue weighted by atomic mass is 16.5. The van der Waals surface area contributed by atoms with E-state index in [0.717, 1.165) is 22.9 Å². The molecule has 0 bridgehead atoms. The predicted molar refractivity (Wildman–Crippen MR) is 77.8 cm³/mol. The van der Waals surface area contributed by atoms with Gasteiger partial charge in [0, 0.05) is 5.69 Å². The van der Waals surface area contributed by atoms with Crippen molar-refractivity contribution in [3.05, 3.63) is 48.5 Å². The minimum atomic E-state index is 0.746. The zero-order valence-corrected chi connectivity index (χ0v) is 11.0. The molecule has 2 rings (SSSR count). The van der Waals surface area contributed by atoms with Crippen LogP contribution in [0.1, 0.15) is 0 Å². The molecule has 19 heavy (non-hydrogen) atoms. The fraction of sp³-hybridized carbons (Fsp3) is 0.133. The Bertz CT molecular complexity index is 550. The van der Waals surface area contributed by atoms with Crippen molar-refractivity contribution in [2.45, 2.75) is 0 Å². The first-order valence-electron chi connectivity index (χ1n) is 5.89. The minimum absolute atomic E-state index is 0.746. The Balaban J connectivity index is 2.02. The van der Waals surface area contributed by atoms with Crippen molar-refractivity contribution < 1.29 is 9.47 Å². The molecule has 2 aromatic rings. The highest BCUT2D eigenvalue weighted by Gasteiger charge is 1.97. The number of ether oxygens (including phenoxy) is 2. The van der Waals surface area contributed by atoms with E-state index >= 15 is 0 Å².